The number of hydrogen-bond acceptors (Lipinski definition) is 4. The quantitative estimate of drug-likeness (QED) is 0.626. The minimum Gasteiger partial charge on any atom is -0.364 e. The summed E-state index contributed by atoms with van der Waals surface area (Å²) in [5.41, 5.74) is 6.88. The van der Waals surface area contributed by atoms with E-state index in [1.165, 1.54) is 36.0 Å². The fourth-order valence-corrected chi connectivity index (χ4v) is 4.34. The van der Waals surface area contributed by atoms with Crippen LogP contribution in [0.3, 0.4) is 0 Å². The first-order valence-corrected chi connectivity index (χ1v) is 10.3. The number of rotatable bonds is 6. The number of carbonyl (C=O) groups excluding carboxylic acids is 1. The SMILES string of the molecule is Cn1cc(S(=O)(=O)Nc2ccc(C(C#N)c3ccccc3)c(Cl)c2)cc1C(N)=O. The summed E-state index contributed by atoms with van der Waals surface area (Å²) in [6.45, 7) is 0. The molecule has 3 aromatic rings. The topological polar surface area (TPSA) is 118 Å². The Labute approximate surface area is 173 Å². The number of nitriles is 1. The third-order valence-electron chi connectivity index (χ3n) is 4.37. The Morgan fingerprint density at radius 2 is 1.90 bits per heavy atom. The molecule has 0 bridgehead atoms. The number of amides is 1. The summed E-state index contributed by atoms with van der Waals surface area (Å²) in [5, 5.41) is 9.83. The maximum absolute atomic E-state index is 12.6. The van der Waals surface area contributed by atoms with E-state index in [4.69, 9.17) is 17.3 Å². The molecule has 1 atom stereocenters. The number of sulfonamides is 1. The first-order valence-electron chi connectivity index (χ1n) is 8.46. The van der Waals surface area contributed by atoms with Crippen molar-refractivity contribution in [1.82, 2.24) is 4.57 Å². The fraction of sp³-hybridized carbons (Fsp3) is 0.100. The highest BCUT2D eigenvalue weighted by Crippen LogP contribution is 2.32. The second-order valence-electron chi connectivity index (χ2n) is 6.35. The zero-order valence-electron chi connectivity index (χ0n) is 15.3. The van der Waals surface area contributed by atoms with Crippen LogP contribution in [0.2, 0.25) is 5.02 Å². The normalized spacial score (nSPS) is 12.2. The van der Waals surface area contributed by atoms with Gasteiger partial charge in [0.1, 0.15) is 10.6 Å². The molecule has 1 aromatic heterocycles. The van der Waals surface area contributed by atoms with Gasteiger partial charge in [0.25, 0.3) is 15.9 Å². The number of aryl methyl sites for hydroxylation is 1. The summed E-state index contributed by atoms with van der Waals surface area (Å²) in [6, 6.07) is 17.2. The van der Waals surface area contributed by atoms with Crippen molar-refractivity contribution in [1.29, 1.82) is 5.26 Å². The van der Waals surface area contributed by atoms with Gasteiger partial charge in [0.2, 0.25) is 0 Å². The second kappa shape index (κ2) is 7.99. The van der Waals surface area contributed by atoms with Crippen LogP contribution in [0.4, 0.5) is 5.69 Å². The minimum atomic E-state index is -3.96. The molecule has 2 aromatic carbocycles. The van der Waals surface area contributed by atoms with E-state index in [2.05, 4.69) is 10.8 Å². The lowest BCUT2D eigenvalue weighted by atomic mass is 9.92. The molecule has 0 aliphatic rings. The van der Waals surface area contributed by atoms with Crippen molar-refractivity contribution in [3.8, 4) is 6.07 Å². The molecule has 0 saturated carbocycles. The molecule has 29 heavy (non-hydrogen) atoms. The van der Waals surface area contributed by atoms with Gasteiger partial charge in [0.05, 0.1) is 17.7 Å². The van der Waals surface area contributed by atoms with E-state index in [0.717, 1.165) is 5.56 Å². The molecule has 3 rings (SSSR count). The molecule has 9 heteroatoms. The number of aromatic nitrogens is 1. The van der Waals surface area contributed by atoms with E-state index in [1.807, 2.05) is 30.3 Å². The van der Waals surface area contributed by atoms with Crippen molar-refractivity contribution >= 4 is 33.2 Å². The van der Waals surface area contributed by atoms with Gasteiger partial charge in [-0.05, 0) is 29.3 Å². The molecular formula is C20H17ClN4O3S. The van der Waals surface area contributed by atoms with Crippen molar-refractivity contribution in [3.63, 3.8) is 0 Å². The molecule has 0 radical (unpaired) electrons. The molecule has 0 spiro atoms. The van der Waals surface area contributed by atoms with Crippen LogP contribution >= 0.6 is 11.6 Å². The standard InChI is InChI=1S/C20H17ClN4O3S/c1-25-12-15(10-19(25)20(23)26)29(27,28)24-14-7-8-16(18(21)9-14)17(11-22)13-5-3-2-4-6-13/h2-10,12,17,24H,1H3,(H2,23,26). The molecule has 1 unspecified atom stereocenters. The molecule has 0 fully saturated rings. The highest BCUT2D eigenvalue weighted by Gasteiger charge is 2.21. The van der Waals surface area contributed by atoms with E-state index >= 15 is 0 Å². The van der Waals surface area contributed by atoms with Crippen molar-refractivity contribution in [2.24, 2.45) is 12.8 Å². The van der Waals surface area contributed by atoms with Gasteiger partial charge in [0, 0.05) is 18.3 Å². The number of anilines is 1. The number of carbonyl (C=O) groups is 1. The Bertz CT molecular complexity index is 1210. The zero-order valence-corrected chi connectivity index (χ0v) is 16.9. The second-order valence-corrected chi connectivity index (χ2v) is 8.44. The smallest absolute Gasteiger partial charge is 0.265 e. The maximum atomic E-state index is 12.6. The van der Waals surface area contributed by atoms with Gasteiger partial charge in [-0.25, -0.2) is 8.42 Å². The number of benzene rings is 2. The van der Waals surface area contributed by atoms with Crippen LogP contribution in [-0.4, -0.2) is 18.9 Å². The van der Waals surface area contributed by atoms with Gasteiger partial charge in [0.15, 0.2) is 0 Å². The van der Waals surface area contributed by atoms with Crippen LogP contribution < -0.4 is 10.5 Å². The molecular weight excluding hydrogens is 412 g/mol. The lowest BCUT2D eigenvalue weighted by molar-refractivity contribution is 0.0992. The Kier molecular flexibility index (Phi) is 5.64. The van der Waals surface area contributed by atoms with Gasteiger partial charge in [-0.15, -0.1) is 0 Å². The molecule has 3 N–H and O–H groups in total. The largest absolute Gasteiger partial charge is 0.364 e. The molecule has 1 heterocycles. The van der Waals surface area contributed by atoms with Gasteiger partial charge in [-0.2, -0.15) is 5.26 Å². The number of hydrogen-bond donors (Lipinski definition) is 2. The van der Waals surface area contributed by atoms with E-state index in [0.29, 0.717) is 5.56 Å². The first kappa shape index (κ1) is 20.5. The van der Waals surface area contributed by atoms with Crippen LogP contribution in [0.25, 0.3) is 0 Å². The van der Waals surface area contributed by atoms with Crippen LogP contribution in [-0.2, 0) is 17.1 Å². The summed E-state index contributed by atoms with van der Waals surface area (Å²) in [7, 11) is -2.43. The Morgan fingerprint density at radius 3 is 2.45 bits per heavy atom. The summed E-state index contributed by atoms with van der Waals surface area (Å²) in [4.78, 5) is 11.3. The van der Waals surface area contributed by atoms with Crippen molar-refractivity contribution in [2.45, 2.75) is 10.8 Å². The molecule has 148 valence electrons. The number of halogens is 1. The molecule has 0 aliphatic carbocycles. The predicted octanol–water partition coefficient (Wildman–Crippen LogP) is 3.23. The van der Waals surface area contributed by atoms with Crippen molar-refractivity contribution < 1.29 is 13.2 Å². The van der Waals surface area contributed by atoms with Crippen LogP contribution in [0.15, 0.2) is 65.7 Å². The summed E-state index contributed by atoms with van der Waals surface area (Å²) in [6.07, 6.45) is 1.29. The molecule has 1 amide bonds. The minimum absolute atomic E-state index is 0.0680. The highest BCUT2D eigenvalue weighted by molar-refractivity contribution is 7.92. The lowest BCUT2D eigenvalue weighted by Gasteiger charge is -2.14. The maximum Gasteiger partial charge on any atom is 0.265 e. The number of primary amides is 1. The Balaban J connectivity index is 1.90. The molecule has 7 nitrogen and oxygen atoms in total. The third kappa shape index (κ3) is 4.26. The first-order chi connectivity index (χ1) is 13.7. The average molecular weight is 429 g/mol. The number of nitrogens with two attached hydrogens (primary N) is 1. The van der Waals surface area contributed by atoms with E-state index in [-0.39, 0.29) is 21.3 Å². The lowest BCUT2D eigenvalue weighted by Crippen LogP contribution is -2.14. The van der Waals surface area contributed by atoms with Crippen molar-refractivity contribution in [2.75, 3.05) is 4.72 Å². The van der Waals surface area contributed by atoms with Gasteiger partial charge in [-0.1, -0.05) is 48.0 Å². The zero-order chi connectivity index (χ0) is 21.2. The van der Waals surface area contributed by atoms with Gasteiger partial charge in [-0.3, -0.25) is 9.52 Å². The van der Waals surface area contributed by atoms with Gasteiger partial charge < -0.3 is 10.3 Å². The van der Waals surface area contributed by atoms with Crippen LogP contribution in [0.5, 0.6) is 0 Å². The van der Waals surface area contributed by atoms with E-state index in [1.54, 1.807) is 6.07 Å². The monoisotopic (exact) mass is 428 g/mol. The molecule has 0 aliphatic heterocycles. The summed E-state index contributed by atoms with van der Waals surface area (Å²) >= 11 is 6.35. The van der Waals surface area contributed by atoms with E-state index < -0.39 is 21.8 Å². The van der Waals surface area contributed by atoms with Crippen LogP contribution in [0, 0.1) is 11.3 Å². The fourth-order valence-electron chi connectivity index (χ4n) is 2.93. The summed E-state index contributed by atoms with van der Waals surface area (Å²) < 4.78 is 29.0. The summed E-state index contributed by atoms with van der Waals surface area (Å²) in [5.74, 6) is -1.31. The van der Waals surface area contributed by atoms with Crippen molar-refractivity contribution in [3.05, 3.63) is 82.6 Å². The predicted molar refractivity (Wildman–Crippen MR) is 110 cm³/mol. The molecule has 0 saturated heterocycles. The highest BCUT2D eigenvalue weighted by atomic mass is 35.5. The average Bonchev–Trinajstić information content (AvgIpc) is 3.08. The van der Waals surface area contributed by atoms with E-state index in [9.17, 15) is 18.5 Å². The Hall–Kier alpha value is -3.28. The van der Waals surface area contributed by atoms with Gasteiger partial charge >= 0.3 is 0 Å². The van der Waals surface area contributed by atoms with Crippen LogP contribution in [0.1, 0.15) is 27.5 Å². The number of nitrogens with zero attached hydrogens (tertiary/aromatic N) is 2. The Morgan fingerprint density at radius 1 is 1.21 bits per heavy atom. The number of nitrogens with one attached hydrogen (secondary N) is 1. The third-order valence-corrected chi connectivity index (χ3v) is 6.04.